The van der Waals surface area contributed by atoms with E-state index in [1.54, 1.807) is 6.92 Å². The number of alkyl halides is 1. The first kappa shape index (κ1) is 17.0. The van der Waals surface area contributed by atoms with Crippen LogP contribution >= 0.6 is 15.9 Å². The minimum absolute atomic E-state index is 0.152. The van der Waals surface area contributed by atoms with Gasteiger partial charge in [0.25, 0.3) is 0 Å². The molecule has 4 nitrogen and oxygen atoms in total. The number of fused-ring (bicyclic) bond motifs is 1. The number of carbonyl (C=O) groups is 2. The highest BCUT2D eigenvalue weighted by Crippen LogP contribution is 2.41. The Balaban J connectivity index is 2.27. The molecule has 0 N–H and O–H groups in total. The zero-order valence-electron chi connectivity index (χ0n) is 13.0. The van der Waals surface area contributed by atoms with Gasteiger partial charge in [-0.15, -0.1) is 0 Å². The minimum Gasteiger partial charge on any atom is -0.493 e. The fourth-order valence-electron chi connectivity index (χ4n) is 2.79. The van der Waals surface area contributed by atoms with Gasteiger partial charge in [0.05, 0.1) is 24.0 Å². The van der Waals surface area contributed by atoms with Crippen LogP contribution in [0.5, 0.6) is 5.75 Å². The van der Waals surface area contributed by atoms with E-state index >= 15 is 0 Å². The van der Waals surface area contributed by atoms with Gasteiger partial charge in [0.2, 0.25) is 0 Å². The van der Waals surface area contributed by atoms with Gasteiger partial charge in [0.1, 0.15) is 5.75 Å². The Morgan fingerprint density at radius 1 is 1.41 bits per heavy atom. The summed E-state index contributed by atoms with van der Waals surface area (Å²) in [6.45, 7) is 4.66. The van der Waals surface area contributed by atoms with Crippen LogP contribution in [0.25, 0.3) is 0 Å². The molecule has 0 bridgehead atoms. The lowest BCUT2D eigenvalue weighted by molar-refractivity contribution is -0.143. The second-order valence-electron chi connectivity index (χ2n) is 5.59. The van der Waals surface area contributed by atoms with E-state index in [1.807, 2.05) is 25.1 Å². The van der Waals surface area contributed by atoms with Crippen LogP contribution in [-0.2, 0) is 26.2 Å². The molecule has 5 heteroatoms. The summed E-state index contributed by atoms with van der Waals surface area (Å²) in [5, 5.41) is 0.329. The summed E-state index contributed by atoms with van der Waals surface area (Å²) in [6.07, 6.45) is 1.54. The topological polar surface area (TPSA) is 52.6 Å². The lowest BCUT2D eigenvalue weighted by Crippen LogP contribution is -2.38. The number of benzene rings is 1. The Morgan fingerprint density at radius 2 is 2.18 bits per heavy atom. The van der Waals surface area contributed by atoms with Crippen molar-refractivity contribution in [3.8, 4) is 5.75 Å². The first-order valence-electron chi connectivity index (χ1n) is 7.53. The van der Waals surface area contributed by atoms with Crippen molar-refractivity contribution < 1.29 is 19.1 Å². The highest BCUT2D eigenvalue weighted by Gasteiger charge is 2.39. The van der Waals surface area contributed by atoms with Crippen molar-refractivity contribution in [3.05, 3.63) is 29.3 Å². The molecule has 1 aliphatic heterocycles. The number of para-hydroxylation sites is 1. The predicted molar refractivity (Wildman–Crippen MR) is 87.7 cm³/mol. The van der Waals surface area contributed by atoms with Crippen molar-refractivity contribution in [1.29, 1.82) is 0 Å². The van der Waals surface area contributed by atoms with Gasteiger partial charge in [-0.05, 0) is 32.3 Å². The zero-order chi connectivity index (χ0) is 16.2. The smallest absolute Gasteiger partial charge is 0.306 e. The van der Waals surface area contributed by atoms with Crippen molar-refractivity contribution >= 4 is 27.7 Å². The number of ether oxygens (including phenoxy) is 2. The van der Waals surface area contributed by atoms with Gasteiger partial charge in [-0.3, -0.25) is 9.59 Å². The maximum atomic E-state index is 12.3. The number of aryl methyl sites for hydroxylation is 1. The lowest BCUT2D eigenvalue weighted by atomic mass is 9.74. The average molecular weight is 369 g/mol. The van der Waals surface area contributed by atoms with Gasteiger partial charge in [0.15, 0.2) is 5.78 Å². The van der Waals surface area contributed by atoms with Crippen LogP contribution < -0.4 is 4.74 Å². The third kappa shape index (κ3) is 3.35. The minimum atomic E-state index is -0.531. The molecular weight excluding hydrogens is 348 g/mol. The molecule has 0 spiro atoms. The number of Topliss-reactive ketones (excluding diaryl/α,β-unsaturated/α-hetero) is 1. The highest BCUT2D eigenvalue weighted by atomic mass is 79.9. The number of rotatable bonds is 6. The Bertz CT molecular complexity index is 570. The van der Waals surface area contributed by atoms with E-state index in [1.165, 1.54) is 0 Å². The fourth-order valence-corrected chi connectivity index (χ4v) is 3.40. The SMILES string of the molecule is CCOC(=O)CCc1cccc2c1OCCC2(C)C(=O)CBr. The van der Waals surface area contributed by atoms with E-state index in [-0.39, 0.29) is 11.8 Å². The Kier molecular flexibility index (Phi) is 5.62. The molecule has 1 heterocycles. The molecule has 1 aliphatic rings. The van der Waals surface area contributed by atoms with Crippen LogP contribution in [-0.4, -0.2) is 30.3 Å². The fraction of sp³-hybridized carbons (Fsp3) is 0.529. The number of hydrogen-bond donors (Lipinski definition) is 0. The van der Waals surface area contributed by atoms with Gasteiger partial charge in [-0.25, -0.2) is 0 Å². The molecule has 0 fully saturated rings. The van der Waals surface area contributed by atoms with Crippen molar-refractivity contribution in [2.24, 2.45) is 0 Å². The second-order valence-corrected chi connectivity index (χ2v) is 6.15. The van der Waals surface area contributed by atoms with Crippen molar-refractivity contribution in [2.45, 2.75) is 38.5 Å². The zero-order valence-corrected chi connectivity index (χ0v) is 14.6. The van der Waals surface area contributed by atoms with E-state index in [2.05, 4.69) is 15.9 Å². The third-order valence-corrected chi connectivity index (χ3v) is 4.69. The summed E-state index contributed by atoms with van der Waals surface area (Å²) < 4.78 is 10.8. The number of ketones is 1. The highest BCUT2D eigenvalue weighted by molar-refractivity contribution is 9.09. The molecule has 0 radical (unpaired) electrons. The van der Waals surface area contributed by atoms with Crippen LogP contribution in [0.15, 0.2) is 18.2 Å². The van der Waals surface area contributed by atoms with Gasteiger partial charge < -0.3 is 9.47 Å². The first-order valence-corrected chi connectivity index (χ1v) is 8.65. The van der Waals surface area contributed by atoms with Gasteiger partial charge in [-0.2, -0.15) is 0 Å². The molecule has 2 rings (SSSR count). The summed E-state index contributed by atoms with van der Waals surface area (Å²) in [4.78, 5) is 23.9. The van der Waals surface area contributed by atoms with Crippen LogP contribution in [0.4, 0.5) is 0 Å². The number of halogens is 1. The predicted octanol–water partition coefficient (Wildman–Crippen LogP) is 3.19. The van der Waals surface area contributed by atoms with E-state index < -0.39 is 5.41 Å². The normalized spacial score (nSPS) is 20.0. The van der Waals surface area contributed by atoms with E-state index in [4.69, 9.17) is 9.47 Å². The van der Waals surface area contributed by atoms with Crippen LogP contribution in [0.2, 0.25) is 0 Å². The molecule has 1 unspecified atom stereocenters. The molecule has 0 aliphatic carbocycles. The van der Waals surface area contributed by atoms with Crippen molar-refractivity contribution in [1.82, 2.24) is 0 Å². The Morgan fingerprint density at radius 3 is 2.86 bits per heavy atom. The molecule has 0 amide bonds. The van der Waals surface area contributed by atoms with E-state index in [0.29, 0.717) is 37.8 Å². The van der Waals surface area contributed by atoms with Gasteiger partial charge in [-0.1, -0.05) is 34.1 Å². The summed E-state index contributed by atoms with van der Waals surface area (Å²) in [5.74, 6) is 0.699. The molecular formula is C17H21BrO4. The lowest BCUT2D eigenvalue weighted by Gasteiger charge is -2.35. The molecule has 1 atom stereocenters. The number of esters is 1. The number of carbonyl (C=O) groups excluding carboxylic acids is 2. The quantitative estimate of drug-likeness (QED) is 0.571. The van der Waals surface area contributed by atoms with Crippen molar-refractivity contribution in [3.63, 3.8) is 0 Å². The van der Waals surface area contributed by atoms with E-state index in [0.717, 1.165) is 16.9 Å². The summed E-state index contributed by atoms with van der Waals surface area (Å²) >= 11 is 3.27. The largest absolute Gasteiger partial charge is 0.493 e. The van der Waals surface area contributed by atoms with Gasteiger partial charge >= 0.3 is 5.97 Å². The summed E-state index contributed by atoms with van der Waals surface area (Å²) in [6, 6.07) is 5.82. The van der Waals surface area contributed by atoms with Gasteiger partial charge in [0, 0.05) is 12.0 Å². The monoisotopic (exact) mass is 368 g/mol. The third-order valence-electron chi connectivity index (χ3n) is 4.18. The molecule has 1 aromatic carbocycles. The van der Waals surface area contributed by atoms with Crippen LogP contribution in [0.1, 0.15) is 37.8 Å². The maximum Gasteiger partial charge on any atom is 0.306 e. The molecule has 1 aromatic rings. The van der Waals surface area contributed by atoms with Crippen molar-refractivity contribution in [2.75, 3.05) is 18.5 Å². The Hall–Kier alpha value is -1.36. The maximum absolute atomic E-state index is 12.3. The average Bonchev–Trinajstić information content (AvgIpc) is 2.53. The van der Waals surface area contributed by atoms with Crippen LogP contribution in [0.3, 0.4) is 0 Å². The van der Waals surface area contributed by atoms with E-state index in [9.17, 15) is 9.59 Å². The van der Waals surface area contributed by atoms with Crippen LogP contribution in [0, 0.1) is 0 Å². The summed E-state index contributed by atoms with van der Waals surface area (Å²) in [5.41, 5.74) is 1.35. The molecule has 22 heavy (non-hydrogen) atoms. The standard InChI is InChI=1S/C17H21BrO4/c1-3-21-15(20)8-7-12-5-4-6-13-16(12)22-10-9-17(13,2)14(19)11-18/h4-6H,3,7-11H2,1-2H3. The summed E-state index contributed by atoms with van der Waals surface area (Å²) in [7, 11) is 0. The molecule has 120 valence electrons. The first-order chi connectivity index (χ1) is 10.5. The number of hydrogen-bond acceptors (Lipinski definition) is 4. The Labute approximate surface area is 139 Å². The molecule has 0 saturated heterocycles. The molecule has 0 aromatic heterocycles. The second kappa shape index (κ2) is 7.27. The molecule has 0 saturated carbocycles.